The summed E-state index contributed by atoms with van der Waals surface area (Å²) in [6, 6.07) is 0. The minimum atomic E-state index is -0.531. The van der Waals surface area contributed by atoms with Gasteiger partial charge in [0.05, 0.1) is 10.4 Å². The Morgan fingerprint density at radius 2 is 1.78 bits per heavy atom. The summed E-state index contributed by atoms with van der Waals surface area (Å²) >= 11 is 7.15. The quantitative estimate of drug-likeness (QED) is 0.791. The number of nitrogens with two attached hydrogens (primary N) is 1. The van der Waals surface area contributed by atoms with Gasteiger partial charge in [0.1, 0.15) is 0 Å². The van der Waals surface area contributed by atoms with Gasteiger partial charge in [-0.2, -0.15) is 11.8 Å². The summed E-state index contributed by atoms with van der Waals surface area (Å²) < 4.78 is 0. The number of hydrogen-bond acceptors (Lipinski definition) is 3. The van der Waals surface area contributed by atoms with Gasteiger partial charge in [0.15, 0.2) is 0 Å². The van der Waals surface area contributed by atoms with Crippen molar-refractivity contribution in [2.45, 2.75) is 50.0 Å². The number of hydrogen-bond donors (Lipinski definition) is 1. The Balaban J connectivity index is 2.16. The van der Waals surface area contributed by atoms with E-state index in [0.29, 0.717) is 15.5 Å². The second-order valence-corrected chi connectivity index (χ2v) is 7.94. The normalized spacial score (nSPS) is 31.3. The number of carbonyl (C=O) groups is 1. The predicted octanol–water partition coefficient (Wildman–Crippen LogP) is 2.19. The first kappa shape index (κ1) is 14.1. The van der Waals surface area contributed by atoms with Gasteiger partial charge in [-0.25, -0.2) is 0 Å². The molecule has 1 aliphatic carbocycles. The van der Waals surface area contributed by atoms with Gasteiger partial charge in [0.25, 0.3) is 0 Å². The molecule has 1 heterocycles. The zero-order valence-electron chi connectivity index (χ0n) is 11.1. The lowest BCUT2D eigenvalue weighted by Gasteiger charge is -2.39. The highest BCUT2D eigenvalue weighted by Crippen LogP contribution is 2.41. The van der Waals surface area contributed by atoms with Gasteiger partial charge < -0.3 is 10.6 Å². The van der Waals surface area contributed by atoms with Gasteiger partial charge in [0, 0.05) is 23.6 Å². The summed E-state index contributed by atoms with van der Waals surface area (Å²) in [7, 11) is 0. The smallest absolute Gasteiger partial charge is 0.235 e. The number of thioether (sulfide) groups is 1. The van der Waals surface area contributed by atoms with Gasteiger partial charge in [-0.05, 0) is 12.8 Å². The Bertz CT molecular complexity index is 343. The number of amides is 1. The highest BCUT2D eigenvalue weighted by molar-refractivity contribution is 8.00. The summed E-state index contributed by atoms with van der Waals surface area (Å²) in [6.45, 7) is 6.03. The average molecular weight is 286 g/mol. The molecule has 2 rings (SSSR count). The molecule has 0 aromatic heterocycles. The van der Waals surface area contributed by atoms with Crippen molar-refractivity contribution in [2.24, 2.45) is 11.1 Å². The molecule has 2 unspecified atom stereocenters. The third kappa shape index (κ3) is 2.52. The molecule has 18 heavy (non-hydrogen) atoms. The van der Waals surface area contributed by atoms with Crippen LogP contribution in [-0.2, 0) is 4.79 Å². The van der Waals surface area contributed by atoms with Crippen molar-refractivity contribution in [3.63, 3.8) is 0 Å². The summed E-state index contributed by atoms with van der Waals surface area (Å²) in [4.78, 5) is 15.2. The molecule has 0 bridgehead atoms. The highest BCUT2D eigenvalue weighted by Gasteiger charge is 2.47. The van der Waals surface area contributed by atoms with Gasteiger partial charge in [-0.3, -0.25) is 4.79 Å². The molecule has 1 aliphatic heterocycles. The minimum absolute atomic E-state index is 0.187. The Morgan fingerprint density at radius 3 is 2.22 bits per heavy atom. The van der Waals surface area contributed by atoms with Crippen molar-refractivity contribution in [1.82, 2.24) is 4.90 Å². The molecule has 2 N–H and O–H groups in total. The van der Waals surface area contributed by atoms with Crippen LogP contribution in [0.15, 0.2) is 0 Å². The molecule has 0 aromatic carbocycles. The fourth-order valence-corrected chi connectivity index (χ4v) is 4.81. The molecule has 1 saturated heterocycles. The number of rotatable bonds is 2. The first-order valence-corrected chi connectivity index (χ1v) is 8.05. The minimum Gasteiger partial charge on any atom is -0.392 e. The average Bonchev–Trinajstić information content (AvgIpc) is 2.76. The first-order valence-electron chi connectivity index (χ1n) is 6.70. The van der Waals surface area contributed by atoms with Crippen molar-refractivity contribution < 1.29 is 4.79 Å². The molecule has 5 heteroatoms. The molecule has 1 saturated carbocycles. The van der Waals surface area contributed by atoms with Crippen LogP contribution in [0.2, 0.25) is 0 Å². The van der Waals surface area contributed by atoms with Gasteiger partial charge >= 0.3 is 0 Å². The maximum Gasteiger partial charge on any atom is 0.235 e. The number of carbonyl (C=O) groups excluding carboxylic acids is 1. The first-order chi connectivity index (χ1) is 8.45. The van der Waals surface area contributed by atoms with E-state index in [2.05, 4.69) is 13.8 Å². The van der Waals surface area contributed by atoms with Gasteiger partial charge in [0.2, 0.25) is 5.91 Å². The molecule has 3 nitrogen and oxygen atoms in total. The third-order valence-corrected chi connectivity index (χ3v) is 5.66. The lowest BCUT2D eigenvalue weighted by molar-refractivity contribution is -0.138. The predicted molar refractivity (Wildman–Crippen MR) is 80.8 cm³/mol. The summed E-state index contributed by atoms with van der Waals surface area (Å²) in [5, 5.41) is 1.00. The number of nitrogens with zero attached hydrogens (tertiary/aromatic N) is 1. The van der Waals surface area contributed by atoms with Crippen LogP contribution < -0.4 is 5.73 Å². The molecule has 1 amide bonds. The van der Waals surface area contributed by atoms with Crippen LogP contribution in [0.5, 0.6) is 0 Å². The Kier molecular flexibility index (Phi) is 4.22. The lowest BCUT2D eigenvalue weighted by atomic mass is 9.84. The van der Waals surface area contributed by atoms with E-state index < -0.39 is 5.41 Å². The molecular formula is C13H22N2OS2. The van der Waals surface area contributed by atoms with E-state index in [-0.39, 0.29) is 5.91 Å². The zero-order valence-corrected chi connectivity index (χ0v) is 12.8. The van der Waals surface area contributed by atoms with E-state index in [1.807, 2.05) is 16.7 Å². The molecule has 2 fully saturated rings. The van der Waals surface area contributed by atoms with Crippen molar-refractivity contribution in [3.05, 3.63) is 0 Å². The SMILES string of the molecule is CC1CN(C(=O)C2(C(N)=S)CCCC2)CC(C)S1. The van der Waals surface area contributed by atoms with Crippen molar-refractivity contribution in [1.29, 1.82) is 0 Å². The van der Waals surface area contributed by atoms with Crippen LogP contribution in [0.4, 0.5) is 0 Å². The van der Waals surface area contributed by atoms with Crippen LogP contribution in [0, 0.1) is 5.41 Å². The Morgan fingerprint density at radius 1 is 1.28 bits per heavy atom. The molecule has 0 spiro atoms. The van der Waals surface area contributed by atoms with Crippen molar-refractivity contribution in [2.75, 3.05) is 13.1 Å². The van der Waals surface area contributed by atoms with E-state index in [1.54, 1.807) is 0 Å². The fraction of sp³-hybridized carbons (Fsp3) is 0.846. The zero-order chi connectivity index (χ0) is 13.3. The van der Waals surface area contributed by atoms with Crippen LogP contribution in [0.25, 0.3) is 0 Å². The molecule has 102 valence electrons. The molecule has 0 aromatic rings. The maximum absolute atomic E-state index is 12.8. The van der Waals surface area contributed by atoms with Crippen LogP contribution in [-0.4, -0.2) is 39.4 Å². The van der Waals surface area contributed by atoms with Crippen molar-refractivity contribution in [3.8, 4) is 0 Å². The summed E-state index contributed by atoms with van der Waals surface area (Å²) in [6.07, 6.45) is 3.81. The number of thiocarbonyl (C=S) groups is 1. The van der Waals surface area contributed by atoms with E-state index in [9.17, 15) is 4.79 Å². The van der Waals surface area contributed by atoms with Crippen LogP contribution in [0.1, 0.15) is 39.5 Å². The van der Waals surface area contributed by atoms with Crippen molar-refractivity contribution >= 4 is 34.9 Å². The Hall–Kier alpha value is -0.290. The monoisotopic (exact) mass is 286 g/mol. The third-order valence-electron chi connectivity index (χ3n) is 4.04. The largest absolute Gasteiger partial charge is 0.392 e. The second-order valence-electron chi connectivity index (χ2n) is 5.62. The summed E-state index contributed by atoms with van der Waals surface area (Å²) in [5.74, 6) is 0.187. The standard InChI is InChI=1S/C13H22N2OS2/c1-9-7-15(8-10(2)18-9)12(16)13(11(14)17)5-3-4-6-13/h9-10H,3-8H2,1-2H3,(H2,14,17). The summed E-state index contributed by atoms with van der Waals surface area (Å²) in [5.41, 5.74) is 5.36. The topological polar surface area (TPSA) is 46.3 Å². The van der Waals surface area contributed by atoms with E-state index >= 15 is 0 Å². The fourth-order valence-electron chi connectivity index (χ4n) is 3.19. The second kappa shape index (κ2) is 5.37. The molecule has 2 aliphatic rings. The van der Waals surface area contributed by atoms with Gasteiger partial charge in [-0.1, -0.05) is 38.9 Å². The molecule has 0 radical (unpaired) electrons. The lowest BCUT2D eigenvalue weighted by Crippen LogP contribution is -2.53. The molecular weight excluding hydrogens is 264 g/mol. The molecule has 2 atom stereocenters. The highest BCUT2D eigenvalue weighted by atomic mass is 32.2. The van der Waals surface area contributed by atoms with Gasteiger partial charge in [-0.15, -0.1) is 0 Å². The van der Waals surface area contributed by atoms with E-state index in [1.165, 1.54) is 0 Å². The van der Waals surface area contributed by atoms with E-state index in [0.717, 1.165) is 38.8 Å². The van der Waals surface area contributed by atoms with E-state index in [4.69, 9.17) is 18.0 Å². The van der Waals surface area contributed by atoms with Crippen LogP contribution >= 0.6 is 24.0 Å². The Labute approximate surface area is 119 Å². The maximum atomic E-state index is 12.8. The van der Waals surface area contributed by atoms with Crippen LogP contribution in [0.3, 0.4) is 0 Å².